The average Bonchev–Trinajstić information content (AvgIpc) is 3.20. The van der Waals surface area contributed by atoms with Gasteiger partial charge < -0.3 is 0 Å². The summed E-state index contributed by atoms with van der Waals surface area (Å²) in [4.78, 5) is 18.7. The number of rotatable bonds is 6. The van der Waals surface area contributed by atoms with Crippen LogP contribution in [0, 0.1) is 9.77 Å². The summed E-state index contributed by atoms with van der Waals surface area (Å²) in [6.45, 7) is 2.10. The van der Waals surface area contributed by atoms with Crippen LogP contribution in [0.25, 0.3) is 21.7 Å². The van der Waals surface area contributed by atoms with Crippen molar-refractivity contribution >= 4 is 57.3 Å². The van der Waals surface area contributed by atoms with Crippen LogP contribution in [-0.2, 0) is 12.2 Å². The molecule has 0 spiro atoms. The highest BCUT2D eigenvalue weighted by molar-refractivity contribution is 7.98. The maximum Gasteiger partial charge on any atom is 0.278 e. The quantitative estimate of drug-likeness (QED) is 0.126. The second-order valence-corrected chi connectivity index (χ2v) is 10.8. The van der Waals surface area contributed by atoms with Crippen LogP contribution in [0.4, 0.5) is 4.39 Å². The highest BCUT2D eigenvalue weighted by Crippen LogP contribution is 2.30. The van der Waals surface area contributed by atoms with Crippen molar-refractivity contribution in [1.29, 1.82) is 0 Å². The molecule has 0 saturated carbocycles. The van der Waals surface area contributed by atoms with Crippen LogP contribution in [0.1, 0.15) is 18.1 Å². The Labute approximate surface area is 219 Å². The maximum atomic E-state index is 13.8. The van der Waals surface area contributed by atoms with E-state index in [2.05, 4.69) is 6.92 Å². The van der Waals surface area contributed by atoms with Crippen LogP contribution in [-0.4, -0.2) is 14.1 Å². The largest absolute Gasteiger partial charge is 0.278 e. The zero-order valence-corrected chi connectivity index (χ0v) is 21.8. The Bertz CT molecular complexity index is 1640. The van der Waals surface area contributed by atoms with Gasteiger partial charge in [0.25, 0.3) is 5.56 Å². The number of aromatic nitrogens is 3. The topological polar surface area (TPSA) is 39.8 Å². The van der Waals surface area contributed by atoms with Crippen molar-refractivity contribution in [3.63, 3.8) is 0 Å². The molecule has 3 aromatic carbocycles. The molecular weight excluding hydrogens is 521 g/mol. The van der Waals surface area contributed by atoms with E-state index < -0.39 is 0 Å². The summed E-state index contributed by atoms with van der Waals surface area (Å²) in [6.07, 6.45) is 0.930. The molecule has 0 bridgehead atoms. The Morgan fingerprint density at radius 2 is 1.66 bits per heavy atom. The number of benzene rings is 3. The first kappa shape index (κ1) is 23.9. The molecule has 0 unspecified atom stereocenters. The van der Waals surface area contributed by atoms with Crippen LogP contribution in [0.5, 0.6) is 0 Å². The third-order valence-electron chi connectivity index (χ3n) is 5.58. The molecule has 4 nitrogen and oxygen atoms in total. The summed E-state index contributed by atoms with van der Waals surface area (Å²) in [7, 11) is 0. The molecule has 0 amide bonds. The fourth-order valence-electron chi connectivity index (χ4n) is 3.72. The Morgan fingerprint density at radius 3 is 2.34 bits per heavy atom. The number of nitrogens with zero attached hydrogens (tertiary/aromatic N) is 3. The number of aryl methyl sites for hydroxylation is 1. The van der Waals surface area contributed by atoms with Crippen LogP contribution >= 0.6 is 46.9 Å². The number of halogens is 2. The zero-order valence-electron chi connectivity index (χ0n) is 18.6. The van der Waals surface area contributed by atoms with Gasteiger partial charge in [0.1, 0.15) is 10.5 Å². The van der Waals surface area contributed by atoms with E-state index in [-0.39, 0.29) is 11.4 Å². The van der Waals surface area contributed by atoms with Crippen molar-refractivity contribution in [2.45, 2.75) is 24.3 Å². The zero-order chi connectivity index (χ0) is 24.5. The van der Waals surface area contributed by atoms with Crippen molar-refractivity contribution < 1.29 is 4.39 Å². The predicted molar refractivity (Wildman–Crippen MR) is 146 cm³/mol. The summed E-state index contributed by atoms with van der Waals surface area (Å²) in [6, 6.07) is 21.4. The highest BCUT2D eigenvalue weighted by atomic mass is 35.5. The van der Waals surface area contributed by atoms with E-state index >= 15 is 0 Å². The van der Waals surface area contributed by atoms with Crippen LogP contribution in [0.2, 0.25) is 5.02 Å². The van der Waals surface area contributed by atoms with Crippen molar-refractivity contribution in [3.05, 3.63) is 109 Å². The molecular formula is C26H19ClFN3OS3. The Kier molecular flexibility index (Phi) is 6.88. The molecule has 35 heavy (non-hydrogen) atoms. The van der Waals surface area contributed by atoms with Gasteiger partial charge in [0.15, 0.2) is 14.8 Å². The minimum atomic E-state index is -0.376. The first-order valence-electron chi connectivity index (χ1n) is 10.9. The molecule has 2 aromatic heterocycles. The molecule has 9 heteroatoms. The third kappa shape index (κ3) is 4.71. The van der Waals surface area contributed by atoms with Gasteiger partial charge in [0.2, 0.25) is 0 Å². The highest BCUT2D eigenvalue weighted by Gasteiger charge is 2.19. The summed E-state index contributed by atoms with van der Waals surface area (Å²) in [5.74, 6) is 0.132. The second kappa shape index (κ2) is 10.1. The van der Waals surface area contributed by atoms with Gasteiger partial charge in [-0.1, -0.05) is 72.0 Å². The average molecular weight is 540 g/mol. The fourth-order valence-corrected chi connectivity index (χ4v) is 6.31. The number of hydrogen-bond donors (Lipinski definition) is 0. The normalized spacial score (nSPS) is 11.3. The van der Waals surface area contributed by atoms with Gasteiger partial charge in [-0.2, -0.15) is 0 Å². The lowest BCUT2D eigenvalue weighted by atomic mass is 10.1. The van der Waals surface area contributed by atoms with Gasteiger partial charge in [0, 0.05) is 16.5 Å². The molecule has 0 fully saturated rings. The van der Waals surface area contributed by atoms with E-state index in [4.69, 9.17) is 28.8 Å². The third-order valence-corrected chi connectivity index (χ3v) is 8.29. The van der Waals surface area contributed by atoms with Gasteiger partial charge in [-0.3, -0.25) is 13.9 Å². The van der Waals surface area contributed by atoms with E-state index in [0.717, 1.165) is 17.7 Å². The monoisotopic (exact) mass is 539 g/mol. The first-order valence-corrected chi connectivity index (χ1v) is 13.4. The molecule has 0 N–H and O–H groups in total. The molecule has 5 rings (SSSR count). The Hall–Kier alpha value is -2.78. The van der Waals surface area contributed by atoms with E-state index in [9.17, 15) is 9.18 Å². The minimum Gasteiger partial charge on any atom is -0.275 e. The van der Waals surface area contributed by atoms with Crippen molar-refractivity contribution in [2.24, 2.45) is 0 Å². The Balaban J connectivity index is 1.71. The standard InChI is InChI=1S/C26H19ClFN3OS3/c1-2-16-7-11-19(12-8-16)30-23-22(35-26(30)33)24(32)31(20-13-9-18(28)10-14-20)25(29-23)34-15-17-5-3-4-6-21(17)27/h3-14H,2,15H2,1H3. The van der Waals surface area contributed by atoms with Gasteiger partial charge in [-0.15, -0.1) is 0 Å². The van der Waals surface area contributed by atoms with Gasteiger partial charge in [-0.05, 0) is 72.2 Å². The van der Waals surface area contributed by atoms with Gasteiger partial charge >= 0.3 is 0 Å². The van der Waals surface area contributed by atoms with E-state index in [1.54, 1.807) is 12.1 Å². The maximum absolute atomic E-state index is 13.8. The number of fused-ring (bicyclic) bond motifs is 1. The van der Waals surface area contributed by atoms with Crippen LogP contribution in [0.3, 0.4) is 0 Å². The fraction of sp³-hybridized carbons (Fsp3) is 0.115. The van der Waals surface area contributed by atoms with E-state index in [0.29, 0.717) is 35.9 Å². The predicted octanol–water partition coefficient (Wildman–Crippen LogP) is 7.61. The molecule has 0 radical (unpaired) electrons. The summed E-state index contributed by atoms with van der Waals surface area (Å²) < 4.78 is 18.0. The Morgan fingerprint density at radius 1 is 1.00 bits per heavy atom. The molecule has 2 heterocycles. The van der Waals surface area contributed by atoms with Gasteiger partial charge in [0.05, 0.1) is 5.69 Å². The number of thiazole rings is 1. The second-order valence-electron chi connectivity index (χ2n) is 7.77. The van der Waals surface area contributed by atoms with Crippen LogP contribution in [0.15, 0.2) is 82.7 Å². The van der Waals surface area contributed by atoms with Crippen molar-refractivity contribution in [2.75, 3.05) is 0 Å². The first-order chi connectivity index (χ1) is 17.0. The van der Waals surface area contributed by atoms with E-state index in [1.807, 2.05) is 53.1 Å². The van der Waals surface area contributed by atoms with Crippen molar-refractivity contribution in [1.82, 2.24) is 14.1 Å². The number of hydrogen-bond acceptors (Lipinski definition) is 5. The SMILES string of the molecule is CCc1ccc(-n2c(=S)sc3c(=O)n(-c4ccc(F)cc4)c(SCc4ccccc4Cl)nc32)cc1. The lowest BCUT2D eigenvalue weighted by Gasteiger charge is -2.13. The summed E-state index contributed by atoms with van der Waals surface area (Å²) >= 11 is 14.6. The molecule has 0 saturated heterocycles. The van der Waals surface area contributed by atoms with Crippen molar-refractivity contribution in [3.8, 4) is 11.4 Å². The van der Waals surface area contributed by atoms with Gasteiger partial charge in [-0.25, -0.2) is 9.37 Å². The molecule has 0 aliphatic carbocycles. The molecule has 0 atom stereocenters. The lowest BCUT2D eigenvalue weighted by Crippen LogP contribution is -2.21. The lowest BCUT2D eigenvalue weighted by molar-refractivity contribution is 0.627. The minimum absolute atomic E-state index is 0.247. The van der Waals surface area contributed by atoms with E-state index in [1.165, 1.54) is 45.4 Å². The smallest absolute Gasteiger partial charge is 0.275 e. The molecule has 0 aliphatic rings. The summed E-state index contributed by atoms with van der Waals surface area (Å²) in [5, 5.41) is 1.12. The summed E-state index contributed by atoms with van der Waals surface area (Å²) in [5.41, 5.74) is 3.79. The molecule has 5 aromatic rings. The molecule has 176 valence electrons. The molecule has 0 aliphatic heterocycles. The number of thioether (sulfide) groups is 1. The van der Waals surface area contributed by atoms with Crippen LogP contribution < -0.4 is 5.56 Å².